The quantitative estimate of drug-likeness (QED) is 0.478. The lowest BCUT2D eigenvalue weighted by molar-refractivity contribution is 1.53. The summed E-state index contributed by atoms with van der Waals surface area (Å²) in [6, 6.07) is 14.7. The fourth-order valence-corrected chi connectivity index (χ4v) is 4.06. The van der Waals surface area contributed by atoms with Gasteiger partial charge in [0.15, 0.2) is 0 Å². The maximum Gasteiger partial charge on any atom is 0.0342 e. The minimum Gasteiger partial charge on any atom is -0.144 e. The highest BCUT2D eigenvalue weighted by Gasteiger charge is 2.09. The molecule has 0 bridgehead atoms. The largest absolute Gasteiger partial charge is 0.144 e. The molecule has 0 aliphatic heterocycles. The van der Waals surface area contributed by atoms with Crippen LogP contribution in [0.4, 0.5) is 0 Å². The van der Waals surface area contributed by atoms with E-state index in [1.807, 2.05) is 0 Å². The molecule has 104 valence electrons. The third-order valence-electron chi connectivity index (χ3n) is 3.23. The van der Waals surface area contributed by atoms with E-state index in [0.29, 0.717) is 0 Å². The van der Waals surface area contributed by atoms with E-state index in [-0.39, 0.29) is 0 Å². The predicted molar refractivity (Wildman–Crippen MR) is 99.1 cm³/mol. The van der Waals surface area contributed by atoms with Crippen LogP contribution in [0.5, 0.6) is 0 Å². The number of halogens is 1. The van der Waals surface area contributed by atoms with Crippen molar-refractivity contribution >= 4 is 49.7 Å². The molecule has 3 rings (SSSR count). The normalized spacial score (nSPS) is 10.5. The van der Waals surface area contributed by atoms with E-state index >= 15 is 0 Å². The van der Waals surface area contributed by atoms with E-state index in [2.05, 4.69) is 82.3 Å². The summed E-state index contributed by atoms with van der Waals surface area (Å²) >= 11 is 7.02. The van der Waals surface area contributed by atoms with Crippen LogP contribution < -0.4 is 0 Å². The predicted octanol–water partition coefficient (Wildman–Crippen LogP) is 6.70. The van der Waals surface area contributed by atoms with E-state index in [4.69, 9.17) is 0 Å². The molecule has 0 saturated heterocycles. The number of hydrogen-bond acceptors (Lipinski definition) is 2. The van der Waals surface area contributed by atoms with Crippen LogP contribution in [0.1, 0.15) is 20.9 Å². The average molecular weight is 373 g/mol. The maximum atomic E-state index is 4.23. The molecule has 2 heterocycles. The Bertz CT molecular complexity index is 716. The van der Waals surface area contributed by atoms with Gasteiger partial charge in [0.25, 0.3) is 0 Å². The summed E-state index contributed by atoms with van der Waals surface area (Å²) in [6.45, 7) is 8.47. The van der Waals surface area contributed by atoms with Gasteiger partial charge in [-0.05, 0) is 63.4 Å². The smallest absolute Gasteiger partial charge is 0.0342 e. The van der Waals surface area contributed by atoms with Crippen molar-refractivity contribution in [1.82, 2.24) is 0 Å². The second-order valence-electron chi connectivity index (χ2n) is 4.64. The van der Waals surface area contributed by atoms with Crippen LogP contribution >= 0.6 is 38.6 Å². The fourth-order valence-electron chi connectivity index (χ4n) is 2.12. The molecule has 1 aromatic carbocycles. The van der Waals surface area contributed by atoms with Gasteiger partial charge in [-0.15, -0.1) is 22.7 Å². The Kier molecular flexibility index (Phi) is 4.24. The van der Waals surface area contributed by atoms with E-state index in [1.54, 1.807) is 22.7 Å². The third kappa shape index (κ3) is 3.10. The van der Waals surface area contributed by atoms with Gasteiger partial charge in [0.1, 0.15) is 0 Å². The third-order valence-corrected chi connectivity index (χ3v) is 5.55. The molecule has 0 fully saturated rings. The summed E-state index contributed by atoms with van der Waals surface area (Å²) in [4.78, 5) is 2.39. The zero-order chi connectivity index (χ0) is 14.8. The average Bonchev–Trinajstić information content (AvgIpc) is 3.17. The molecule has 0 atom stereocenters. The topological polar surface area (TPSA) is 0 Å². The van der Waals surface area contributed by atoms with Crippen molar-refractivity contribution in [3.8, 4) is 0 Å². The summed E-state index contributed by atoms with van der Waals surface area (Å²) in [5, 5.41) is 4.15. The zero-order valence-corrected chi connectivity index (χ0v) is 14.5. The zero-order valence-electron chi connectivity index (χ0n) is 11.3. The van der Waals surface area contributed by atoms with Crippen molar-refractivity contribution in [2.45, 2.75) is 0 Å². The number of thiophene rings is 2. The first-order chi connectivity index (χ1) is 10.1. The van der Waals surface area contributed by atoms with Crippen LogP contribution in [-0.4, -0.2) is 0 Å². The Morgan fingerprint density at radius 2 is 1.29 bits per heavy atom. The van der Waals surface area contributed by atoms with Crippen LogP contribution in [0.25, 0.3) is 11.1 Å². The minimum atomic E-state index is 1.05. The second kappa shape index (κ2) is 6.14. The van der Waals surface area contributed by atoms with Gasteiger partial charge in [-0.25, -0.2) is 0 Å². The molecule has 3 aromatic rings. The van der Waals surface area contributed by atoms with Crippen molar-refractivity contribution in [3.63, 3.8) is 0 Å². The Morgan fingerprint density at radius 1 is 0.810 bits per heavy atom. The highest BCUT2D eigenvalue weighted by molar-refractivity contribution is 9.10. The molecule has 0 unspecified atom stereocenters. The van der Waals surface area contributed by atoms with Crippen molar-refractivity contribution in [1.29, 1.82) is 0 Å². The monoisotopic (exact) mass is 372 g/mol. The molecular formula is C18H13BrS2. The van der Waals surface area contributed by atoms with Gasteiger partial charge in [-0.1, -0.05) is 41.2 Å². The highest BCUT2D eigenvalue weighted by Crippen LogP contribution is 2.33. The molecule has 0 spiro atoms. The van der Waals surface area contributed by atoms with E-state index in [0.717, 1.165) is 26.7 Å². The number of benzene rings is 1. The standard InChI is InChI=1S/C18H13BrS2/c1-12(17-5-3-7-20-17)14-9-15(11-16(19)10-14)13(2)18-6-4-8-21-18/h3-11H,1-2H2. The first-order valence-corrected chi connectivity index (χ1v) is 8.97. The van der Waals surface area contributed by atoms with Gasteiger partial charge in [0.05, 0.1) is 0 Å². The molecule has 0 radical (unpaired) electrons. The molecule has 2 aromatic heterocycles. The minimum absolute atomic E-state index is 1.05. The van der Waals surface area contributed by atoms with Crippen LogP contribution in [0.2, 0.25) is 0 Å². The first kappa shape index (κ1) is 14.5. The Labute approximate surface area is 141 Å². The summed E-state index contributed by atoms with van der Waals surface area (Å²) < 4.78 is 1.05. The molecule has 0 nitrogen and oxygen atoms in total. The summed E-state index contributed by atoms with van der Waals surface area (Å²) in [6.07, 6.45) is 0. The highest BCUT2D eigenvalue weighted by atomic mass is 79.9. The van der Waals surface area contributed by atoms with Gasteiger partial charge in [-0.2, -0.15) is 0 Å². The van der Waals surface area contributed by atoms with Crippen molar-refractivity contribution in [2.24, 2.45) is 0 Å². The van der Waals surface area contributed by atoms with Gasteiger partial charge >= 0.3 is 0 Å². The van der Waals surface area contributed by atoms with Crippen LogP contribution in [0, 0.1) is 0 Å². The van der Waals surface area contributed by atoms with Crippen LogP contribution in [0.15, 0.2) is 70.9 Å². The van der Waals surface area contributed by atoms with Gasteiger partial charge < -0.3 is 0 Å². The van der Waals surface area contributed by atoms with Crippen molar-refractivity contribution < 1.29 is 0 Å². The second-order valence-corrected chi connectivity index (χ2v) is 7.45. The van der Waals surface area contributed by atoms with Gasteiger partial charge in [-0.3, -0.25) is 0 Å². The van der Waals surface area contributed by atoms with Crippen molar-refractivity contribution in [2.75, 3.05) is 0 Å². The lowest BCUT2D eigenvalue weighted by Crippen LogP contribution is -1.89. The molecule has 0 aliphatic carbocycles. The SMILES string of the molecule is C=C(c1cc(Br)cc(C(=C)c2cccs2)c1)c1cccs1. The first-order valence-electron chi connectivity index (χ1n) is 6.42. The molecule has 21 heavy (non-hydrogen) atoms. The number of hydrogen-bond donors (Lipinski definition) is 0. The van der Waals surface area contributed by atoms with E-state index in [1.165, 1.54) is 9.75 Å². The maximum absolute atomic E-state index is 4.23. The van der Waals surface area contributed by atoms with E-state index < -0.39 is 0 Å². The lowest BCUT2D eigenvalue weighted by atomic mass is 9.99. The van der Waals surface area contributed by atoms with Gasteiger partial charge in [0, 0.05) is 14.2 Å². The summed E-state index contributed by atoms with van der Waals surface area (Å²) in [5.41, 5.74) is 4.34. The Morgan fingerprint density at radius 3 is 1.67 bits per heavy atom. The van der Waals surface area contributed by atoms with Gasteiger partial charge in [0.2, 0.25) is 0 Å². The van der Waals surface area contributed by atoms with Crippen molar-refractivity contribution in [3.05, 3.63) is 91.7 Å². The lowest BCUT2D eigenvalue weighted by Gasteiger charge is -2.10. The fraction of sp³-hybridized carbons (Fsp3) is 0. The molecule has 0 saturated carbocycles. The molecule has 0 N–H and O–H groups in total. The van der Waals surface area contributed by atoms with E-state index in [9.17, 15) is 0 Å². The molecular weight excluding hydrogens is 360 g/mol. The number of rotatable bonds is 4. The summed E-state index contributed by atoms with van der Waals surface area (Å²) in [7, 11) is 0. The van der Waals surface area contributed by atoms with Crippen LogP contribution in [-0.2, 0) is 0 Å². The summed E-state index contributed by atoms with van der Waals surface area (Å²) in [5.74, 6) is 0. The Balaban J connectivity index is 2.01. The van der Waals surface area contributed by atoms with Crippen LogP contribution in [0.3, 0.4) is 0 Å². The molecule has 0 amide bonds. The Hall–Kier alpha value is -1.42. The molecule has 3 heteroatoms. The molecule has 0 aliphatic rings.